The van der Waals surface area contributed by atoms with E-state index < -0.39 is 16.7 Å². The Hall–Kier alpha value is -5.62. The quantitative estimate of drug-likeness (QED) is 0.0792. The number of hydrogen-bond donors (Lipinski definition) is 3. The predicted molar refractivity (Wildman–Crippen MR) is 169 cm³/mol. The summed E-state index contributed by atoms with van der Waals surface area (Å²) < 4.78 is 10.7. The van der Waals surface area contributed by atoms with Gasteiger partial charge in [-0.25, -0.2) is 0 Å². The number of amides is 3. The highest BCUT2D eigenvalue weighted by Crippen LogP contribution is 2.27. The van der Waals surface area contributed by atoms with E-state index in [1.54, 1.807) is 72.8 Å². The van der Waals surface area contributed by atoms with E-state index in [9.17, 15) is 24.5 Å². The second-order valence-electron chi connectivity index (χ2n) is 9.11. The lowest BCUT2D eigenvalue weighted by atomic mass is 10.1. The molecule has 224 valence electrons. The number of non-ortho nitro benzene ring substituents is 1. The molecule has 0 aliphatic rings. The molecule has 4 aromatic carbocycles. The van der Waals surface area contributed by atoms with E-state index >= 15 is 0 Å². The average Bonchev–Trinajstić information content (AvgIpc) is 3.04. The second kappa shape index (κ2) is 15.0. The van der Waals surface area contributed by atoms with Gasteiger partial charge in [0.15, 0.2) is 0 Å². The molecule has 0 aliphatic carbocycles. The number of nitro groups is 1. The third kappa shape index (κ3) is 8.69. The van der Waals surface area contributed by atoms with Gasteiger partial charge in [0.05, 0.1) is 24.9 Å². The van der Waals surface area contributed by atoms with Crippen molar-refractivity contribution in [2.24, 2.45) is 0 Å². The summed E-state index contributed by atoms with van der Waals surface area (Å²) in [5, 5.41) is 19.0. The fourth-order valence-electron chi connectivity index (χ4n) is 3.88. The molecular formula is C32H28N4O7S. The van der Waals surface area contributed by atoms with E-state index in [4.69, 9.17) is 9.47 Å². The summed E-state index contributed by atoms with van der Waals surface area (Å²) in [6.45, 7) is 0. The van der Waals surface area contributed by atoms with Gasteiger partial charge >= 0.3 is 0 Å². The van der Waals surface area contributed by atoms with Gasteiger partial charge in [0.1, 0.15) is 17.2 Å². The Morgan fingerprint density at radius 3 is 2.14 bits per heavy atom. The first-order chi connectivity index (χ1) is 21.2. The molecule has 0 aliphatic heterocycles. The Balaban J connectivity index is 1.43. The lowest BCUT2D eigenvalue weighted by Crippen LogP contribution is -2.30. The summed E-state index contributed by atoms with van der Waals surface area (Å²) in [4.78, 5) is 49.7. The van der Waals surface area contributed by atoms with Gasteiger partial charge in [0.25, 0.3) is 17.5 Å². The van der Waals surface area contributed by atoms with Crippen LogP contribution in [0.1, 0.15) is 15.9 Å². The normalized spacial score (nSPS) is 10.8. The molecule has 44 heavy (non-hydrogen) atoms. The molecule has 0 radical (unpaired) electrons. The number of rotatable bonds is 12. The molecule has 0 aromatic heterocycles. The van der Waals surface area contributed by atoms with Gasteiger partial charge < -0.3 is 25.4 Å². The van der Waals surface area contributed by atoms with Crippen molar-refractivity contribution >= 4 is 52.6 Å². The van der Waals surface area contributed by atoms with Crippen LogP contribution in [0.4, 0.5) is 17.1 Å². The summed E-state index contributed by atoms with van der Waals surface area (Å²) in [6, 6.07) is 26.0. The van der Waals surface area contributed by atoms with Gasteiger partial charge in [-0.3, -0.25) is 24.5 Å². The van der Waals surface area contributed by atoms with E-state index in [0.29, 0.717) is 34.0 Å². The standard InChI is InChI=1S/C32H28N4O7S/c1-42-26-15-8-22(29(19-26)43-2)18-28(35-31(38)21-6-4-3-5-7-21)32(39)34-24-11-16-27(17-12-24)44-20-30(37)33-23-9-13-25(14-10-23)36(40)41/h3-19H,20H2,1-2H3,(H,33,37)(H,34,39)(H,35,38)/b28-18-. The molecule has 0 bridgehead atoms. The lowest BCUT2D eigenvalue weighted by molar-refractivity contribution is -0.384. The maximum Gasteiger partial charge on any atom is 0.272 e. The zero-order chi connectivity index (χ0) is 31.5. The molecule has 4 rings (SSSR count). The third-order valence-corrected chi connectivity index (χ3v) is 7.13. The van der Waals surface area contributed by atoms with Crippen molar-refractivity contribution in [2.75, 3.05) is 30.6 Å². The van der Waals surface area contributed by atoms with Gasteiger partial charge in [-0.1, -0.05) is 18.2 Å². The van der Waals surface area contributed by atoms with Crippen molar-refractivity contribution < 1.29 is 28.8 Å². The van der Waals surface area contributed by atoms with E-state index in [1.807, 2.05) is 0 Å². The fourth-order valence-corrected chi connectivity index (χ4v) is 4.58. The van der Waals surface area contributed by atoms with Crippen LogP contribution in [-0.4, -0.2) is 42.6 Å². The van der Waals surface area contributed by atoms with Crippen LogP contribution in [-0.2, 0) is 9.59 Å². The molecule has 11 nitrogen and oxygen atoms in total. The first-order valence-electron chi connectivity index (χ1n) is 13.1. The molecule has 0 atom stereocenters. The summed E-state index contributed by atoms with van der Waals surface area (Å²) in [5.41, 5.74) is 1.78. The maximum absolute atomic E-state index is 13.4. The van der Waals surface area contributed by atoms with E-state index in [0.717, 1.165) is 4.90 Å². The highest BCUT2D eigenvalue weighted by Gasteiger charge is 2.17. The fraction of sp³-hybridized carbons (Fsp3) is 0.0938. The molecule has 12 heteroatoms. The Kier molecular flexibility index (Phi) is 10.7. The van der Waals surface area contributed by atoms with E-state index in [2.05, 4.69) is 16.0 Å². The Labute approximate surface area is 257 Å². The zero-order valence-corrected chi connectivity index (χ0v) is 24.6. The molecule has 3 amide bonds. The van der Waals surface area contributed by atoms with Crippen molar-refractivity contribution in [1.82, 2.24) is 5.32 Å². The van der Waals surface area contributed by atoms with Crippen LogP contribution in [0.5, 0.6) is 11.5 Å². The minimum Gasteiger partial charge on any atom is -0.497 e. The molecule has 0 fully saturated rings. The smallest absolute Gasteiger partial charge is 0.272 e. The van der Waals surface area contributed by atoms with Crippen molar-refractivity contribution in [2.45, 2.75) is 4.90 Å². The molecule has 0 saturated heterocycles. The summed E-state index contributed by atoms with van der Waals surface area (Å²) in [6.07, 6.45) is 1.52. The summed E-state index contributed by atoms with van der Waals surface area (Å²) >= 11 is 1.28. The van der Waals surface area contributed by atoms with Crippen LogP contribution in [0.3, 0.4) is 0 Å². The number of carbonyl (C=O) groups is 3. The van der Waals surface area contributed by atoms with Gasteiger partial charge in [-0.2, -0.15) is 0 Å². The number of benzene rings is 4. The first kappa shape index (κ1) is 31.3. The first-order valence-corrected chi connectivity index (χ1v) is 14.1. The predicted octanol–water partition coefficient (Wildman–Crippen LogP) is 5.75. The number of nitrogens with zero attached hydrogens (tertiary/aromatic N) is 1. The van der Waals surface area contributed by atoms with E-state index in [1.165, 1.54) is 56.3 Å². The Morgan fingerprint density at radius 1 is 0.841 bits per heavy atom. The summed E-state index contributed by atoms with van der Waals surface area (Å²) in [7, 11) is 3.02. The van der Waals surface area contributed by atoms with Crippen LogP contribution in [0.15, 0.2) is 108 Å². The van der Waals surface area contributed by atoms with Crippen molar-refractivity contribution in [3.63, 3.8) is 0 Å². The average molecular weight is 613 g/mol. The van der Waals surface area contributed by atoms with E-state index in [-0.39, 0.29) is 23.0 Å². The number of thioether (sulfide) groups is 1. The molecular weight excluding hydrogens is 584 g/mol. The number of methoxy groups -OCH3 is 2. The molecule has 0 saturated carbocycles. The van der Waals surface area contributed by atoms with Crippen LogP contribution < -0.4 is 25.4 Å². The van der Waals surface area contributed by atoms with Crippen molar-refractivity contribution in [1.29, 1.82) is 0 Å². The lowest BCUT2D eigenvalue weighted by Gasteiger charge is -2.13. The van der Waals surface area contributed by atoms with Crippen LogP contribution in [0, 0.1) is 10.1 Å². The molecule has 4 aromatic rings. The van der Waals surface area contributed by atoms with Crippen LogP contribution >= 0.6 is 11.8 Å². The van der Waals surface area contributed by atoms with Crippen molar-refractivity contribution in [3.05, 3.63) is 124 Å². The van der Waals surface area contributed by atoms with Crippen LogP contribution in [0.2, 0.25) is 0 Å². The Bertz CT molecular complexity index is 1680. The number of nitro benzene ring substituents is 1. The minimum atomic E-state index is -0.560. The van der Waals surface area contributed by atoms with Crippen molar-refractivity contribution in [3.8, 4) is 11.5 Å². The van der Waals surface area contributed by atoms with Gasteiger partial charge in [-0.15, -0.1) is 11.8 Å². The number of ether oxygens (including phenoxy) is 2. The second-order valence-corrected chi connectivity index (χ2v) is 10.2. The summed E-state index contributed by atoms with van der Waals surface area (Å²) in [5.74, 6) is -0.180. The molecule has 3 N–H and O–H groups in total. The third-order valence-electron chi connectivity index (χ3n) is 6.11. The van der Waals surface area contributed by atoms with Gasteiger partial charge in [0, 0.05) is 45.6 Å². The monoisotopic (exact) mass is 612 g/mol. The van der Waals surface area contributed by atoms with Gasteiger partial charge in [-0.05, 0) is 66.7 Å². The molecule has 0 unspecified atom stereocenters. The zero-order valence-electron chi connectivity index (χ0n) is 23.7. The molecule has 0 heterocycles. The largest absolute Gasteiger partial charge is 0.497 e. The maximum atomic E-state index is 13.4. The number of nitrogens with one attached hydrogen (secondary N) is 3. The number of hydrogen-bond acceptors (Lipinski definition) is 8. The highest BCUT2D eigenvalue weighted by atomic mass is 32.2. The number of anilines is 2. The topological polar surface area (TPSA) is 149 Å². The molecule has 0 spiro atoms. The SMILES string of the molecule is COc1ccc(/C=C(\NC(=O)c2ccccc2)C(=O)Nc2ccc(SCC(=O)Nc3ccc([N+](=O)[O-])cc3)cc2)c(OC)c1. The number of carbonyl (C=O) groups excluding carboxylic acids is 3. The minimum absolute atomic E-state index is 0.0105. The van der Waals surface area contributed by atoms with Crippen LogP contribution in [0.25, 0.3) is 6.08 Å². The van der Waals surface area contributed by atoms with Gasteiger partial charge in [0.2, 0.25) is 5.91 Å². The Morgan fingerprint density at radius 2 is 1.50 bits per heavy atom. The highest BCUT2D eigenvalue weighted by molar-refractivity contribution is 8.00.